The minimum absolute atomic E-state index is 0.262. The van der Waals surface area contributed by atoms with Gasteiger partial charge in [0.2, 0.25) is 0 Å². The van der Waals surface area contributed by atoms with E-state index < -0.39 is 0 Å². The minimum Gasteiger partial charge on any atom is -0.360 e. The Morgan fingerprint density at radius 3 is 2.82 bits per heavy atom. The average Bonchev–Trinajstić information content (AvgIpc) is 3.05. The van der Waals surface area contributed by atoms with E-state index in [1.54, 1.807) is 24.5 Å². The van der Waals surface area contributed by atoms with Gasteiger partial charge in [0, 0.05) is 24.4 Å². The summed E-state index contributed by atoms with van der Waals surface area (Å²) in [7, 11) is 0. The molecule has 0 saturated heterocycles. The largest absolute Gasteiger partial charge is 0.360 e. The maximum absolute atomic E-state index is 12.1. The van der Waals surface area contributed by atoms with Crippen LogP contribution in [0.1, 0.15) is 35.0 Å². The van der Waals surface area contributed by atoms with Crippen molar-refractivity contribution < 1.29 is 9.32 Å². The van der Waals surface area contributed by atoms with Crippen LogP contribution >= 0.6 is 0 Å². The molecule has 0 radical (unpaired) electrons. The molecule has 110 valence electrons. The van der Waals surface area contributed by atoms with Crippen LogP contribution in [0.5, 0.6) is 0 Å². The summed E-state index contributed by atoms with van der Waals surface area (Å²) >= 11 is 0. The Balaban J connectivity index is 1.46. The van der Waals surface area contributed by atoms with Gasteiger partial charge in [-0.1, -0.05) is 5.16 Å². The fourth-order valence-electron chi connectivity index (χ4n) is 2.04. The first-order valence-electron chi connectivity index (χ1n) is 6.89. The lowest BCUT2D eigenvalue weighted by Gasteiger charge is -2.03. The Kier molecular flexibility index (Phi) is 2.92. The van der Waals surface area contributed by atoms with Crippen molar-refractivity contribution in [2.45, 2.75) is 18.8 Å². The summed E-state index contributed by atoms with van der Waals surface area (Å²) in [5, 5.41) is 10.5. The first-order chi connectivity index (χ1) is 10.8. The number of nitrogens with one attached hydrogen (secondary N) is 1. The molecule has 3 aromatic heterocycles. The van der Waals surface area contributed by atoms with Gasteiger partial charge >= 0.3 is 0 Å². The molecule has 8 heteroatoms. The van der Waals surface area contributed by atoms with Crippen molar-refractivity contribution in [1.29, 1.82) is 0 Å². The van der Waals surface area contributed by atoms with Crippen LogP contribution in [-0.4, -0.2) is 30.8 Å². The van der Waals surface area contributed by atoms with Crippen molar-refractivity contribution in [1.82, 2.24) is 24.9 Å². The zero-order valence-electron chi connectivity index (χ0n) is 11.5. The van der Waals surface area contributed by atoms with Crippen molar-refractivity contribution in [3.8, 4) is 5.95 Å². The Morgan fingerprint density at radius 1 is 1.32 bits per heavy atom. The maximum atomic E-state index is 12.1. The summed E-state index contributed by atoms with van der Waals surface area (Å²) in [5.74, 6) is 1.28. The molecule has 4 rings (SSSR count). The van der Waals surface area contributed by atoms with E-state index in [9.17, 15) is 4.79 Å². The number of amides is 1. The Labute approximate surface area is 125 Å². The van der Waals surface area contributed by atoms with E-state index in [2.05, 4.69) is 25.5 Å². The van der Waals surface area contributed by atoms with Crippen molar-refractivity contribution in [2.24, 2.45) is 0 Å². The predicted octanol–water partition coefficient (Wildman–Crippen LogP) is 1.78. The summed E-state index contributed by atoms with van der Waals surface area (Å²) in [6.07, 6.45) is 8.61. The molecule has 0 aliphatic heterocycles. The summed E-state index contributed by atoms with van der Waals surface area (Å²) in [5.41, 5.74) is 0.745. The van der Waals surface area contributed by atoms with Crippen LogP contribution in [-0.2, 0) is 0 Å². The zero-order chi connectivity index (χ0) is 14.9. The van der Waals surface area contributed by atoms with E-state index in [4.69, 9.17) is 4.52 Å². The van der Waals surface area contributed by atoms with Crippen molar-refractivity contribution >= 4 is 11.6 Å². The lowest BCUT2D eigenvalue weighted by Crippen LogP contribution is -2.13. The molecule has 1 fully saturated rings. The second kappa shape index (κ2) is 5.06. The van der Waals surface area contributed by atoms with Gasteiger partial charge in [-0.05, 0) is 18.9 Å². The van der Waals surface area contributed by atoms with E-state index in [1.807, 2.05) is 0 Å². The van der Waals surface area contributed by atoms with Gasteiger partial charge in [0.25, 0.3) is 11.9 Å². The molecule has 3 aromatic rings. The lowest BCUT2D eigenvalue weighted by atomic mass is 10.3. The highest BCUT2D eigenvalue weighted by molar-refractivity contribution is 6.02. The molecular formula is C14H12N6O2. The van der Waals surface area contributed by atoms with E-state index >= 15 is 0 Å². The van der Waals surface area contributed by atoms with Gasteiger partial charge in [-0.25, -0.2) is 14.6 Å². The lowest BCUT2D eigenvalue weighted by molar-refractivity contribution is 0.101. The van der Waals surface area contributed by atoms with E-state index in [0.717, 1.165) is 18.6 Å². The molecular weight excluding hydrogens is 284 g/mol. The number of nitrogens with zero attached hydrogens (tertiary/aromatic N) is 5. The van der Waals surface area contributed by atoms with Crippen molar-refractivity contribution in [3.05, 3.63) is 48.4 Å². The van der Waals surface area contributed by atoms with Crippen molar-refractivity contribution in [2.75, 3.05) is 5.32 Å². The van der Waals surface area contributed by atoms with Gasteiger partial charge in [0.05, 0.1) is 18.1 Å². The topological polar surface area (TPSA) is 98.7 Å². The average molecular weight is 296 g/mol. The second-order valence-electron chi connectivity index (χ2n) is 5.07. The molecule has 1 saturated carbocycles. The monoisotopic (exact) mass is 296 g/mol. The molecule has 0 spiro atoms. The van der Waals surface area contributed by atoms with Crippen LogP contribution < -0.4 is 5.32 Å². The minimum atomic E-state index is -0.342. The normalized spacial score (nSPS) is 14.0. The maximum Gasteiger partial charge on any atom is 0.277 e. The molecule has 1 aliphatic carbocycles. The van der Waals surface area contributed by atoms with Gasteiger partial charge in [-0.3, -0.25) is 4.79 Å². The molecule has 3 heterocycles. The first kappa shape index (κ1) is 12.7. The summed E-state index contributed by atoms with van der Waals surface area (Å²) in [6.45, 7) is 0. The number of rotatable bonds is 4. The fourth-order valence-corrected chi connectivity index (χ4v) is 2.04. The van der Waals surface area contributed by atoms with E-state index in [1.165, 1.54) is 17.1 Å². The van der Waals surface area contributed by atoms with Crippen LogP contribution in [0.15, 0.2) is 41.4 Å². The summed E-state index contributed by atoms with van der Waals surface area (Å²) in [4.78, 5) is 20.4. The second-order valence-corrected chi connectivity index (χ2v) is 5.07. The van der Waals surface area contributed by atoms with Crippen LogP contribution in [0, 0.1) is 0 Å². The predicted molar refractivity (Wildman–Crippen MR) is 75.6 cm³/mol. The molecule has 1 amide bonds. The van der Waals surface area contributed by atoms with Crippen LogP contribution in [0.4, 0.5) is 5.69 Å². The Hall–Kier alpha value is -3.03. The highest BCUT2D eigenvalue weighted by Crippen LogP contribution is 2.40. The highest BCUT2D eigenvalue weighted by Gasteiger charge is 2.28. The van der Waals surface area contributed by atoms with E-state index in [0.29, 0.717) is 17.6 Å². The van der Waals surface area contributed by atoms with Gasteiger partial charge in [-0.2, -0.15) is 5.10 Å². The Morgan fingerprint density at radius 2 is 2.14 bits per heavy atom. The molecule has 0 aromatic carbocycles. The zero-order valence-corrected chi connectivity index (χ0v) is 11.5. The molecule has 22 heavy (non-hydrogen) atoms. The molecule has 0 atom stereocenters. The molecule has 1 aliphatic rings. The van der Waals surface area contributed by atoms with Gasteiger partial charge in [0.15, 0.2) is 5.69 Å². The number of hydrogen-bond acceptors (Lipinski definition) is 6. The summed E-state index contributed by atoms with van der Waals surface area (Å²) in [6, 6.07) is 3.47. The van der Waals surface area contributed by atoms with Crippen molar-refractivity contribution in [3.63, 3.8) is 0 Å². The quantitative estimate of drug-likeness (QED) is 0.788. The fraction of sp³-hybridized carbons (Fsp3) is 0.214. The number of carbonyl (C=O) groups excluding carboxylic acids is 1. The van der Waals surface area contributed by atoms with Gasteiger partial charge in [-0.15, -0.1) is 0 Å². The standard InChI is InChI=1S/C14H12N6O2/c21-13(11-6-12(22-19-11)9-2-3-9)18-10-7-15-14(16-8-10)20-5-1-4-17-20/h1,4-9H,2-3H2,(H,18,21). The van der Waals surface area contributed by atoms with Crippen LogP contribution in [0.2, 0.25) is 0 Å². The van der Waals surface area contributed by atoms with E-state index in [-0.39, 0.29) is 11.6 Å². The van der Waals surface area contributed by atoms with Gasteiger partial charge in [0.1, 0.15) is 5.76 Å². The summed E-state index contributed by atoms with van der Waals surface area (Å²) < 4.78 is 6.69. The van der Waals surface area contributed by atoms with Crippen LogP contribution in [0.3, 0.4) is 0 Å². The Bertz CT molecular complexity index is 789. The number of aromatic nitrogens is 5. The number of carbonyl (C=O) groups is 1. The first-order valence-corrected chi connectivity index (χ1v) is 6.89. The SMILES string of the molecule is O=C(Nc1cnc(-n2cccn2)nc1)c1cc(C2CC2)on1. The molecule has 0 unspecified atom stereocenters. The number of hydrogen-bond donors (Lipinski definition) is 1. The third kappa shape index (κ3) is 2.46. The third-order valence-corrected chi connectivity index (χ3v) is 3.35. The van der Waals surface area contributed by atoms with Crippen LogP contribution in [0.25, 0.3) is 5.95 Å². The highest BCUT2D eigenvalue weighted by atomic mass is 16.5. The third-order valence-electron chi connectivity index (χ3n) is 3.35. The molecule has 0 bridgehead atoms. The molecule has 1 N–H and O–H groups in total. The smallest absolute Gasteiger partial charge is 0.277 e. The number of anilines is 1. The molecule has 8 nitrogen and oxygen atoms in total. The van der Waals surface area contributed by atoms with Gasteiger partial charge < -0.3 is 9.84 Å².